The van der Waals surface area contributed by atoms with Crippen LogP contribution in [0.3, 0.4) is 0 Å². The topological polar surface area (TPSA) is 72.7 Å². The zero-order chi connectivity index (χ0) is 18.4. The van der Waals surface area contributed by atoms with Gasteiger partial charge < -0.3 is 5.32 Å². The van der Waals surface area contributed by atoms with E-state index < -0.39 is 0 Å². The Morgan fingerprint density at radius 3 is 2.58 bits per heavy atom. The van der Waals surface area contributed by atoms with Crippen molar-refractivity contribution in [2.24, 2.45) is 0 Å². The first kappa shape index (κ1) is 16.4. The van der Waals surface area contributed by atoms with Crippen LogP contribution < -0.4 is 5.32 Å². The molecule has 0 radical (unpaired) electrons. The molecule has 0 fully saturated rings. The van der Waals surface area contributed by atoms with Gasteiger partial charge in [0.25, 0.3) is 5.95 Å². The number of carbonyl (C=O) groups is 1. The van der Waals surface area contributed by atoms with Gasteiger partial charge in [0.15, 0.2) is 0 Å². The molecule has 1 atom stereocenters. The Hall–Kier alpha value is -3.09. The number of hydrogen-bond acceptors (Lipinski definition) is 4. The van der Waals surface area contributed by atoms with Crippen LogP contribution in [0.5, 0.6) is 0 Å². The fourth-order valence-corrected chi connectivity index (χ4v) is 3.50. The van der Waals surface area contributed by atoms with Crippen molar-refractivity contribution in [3.8, 4) is 5.95 Å². The summed E-state index contributed by atoms with van der Waals surface area (Å²) >= 11 is 0. The molecule has 1 aliphatic rings. The summed E-state index contributed by atoms with van der Waals surface area (Å²) in [6, 6.07) is 8.23. The maximum Gasteiger partial charge on any atom is 0.252 e. The lowest BCUT2D eigenvalue weighted by atomic mass is 9.86. The van der Waals surface area contributed by atoms with Gasteiger partial charge in [0.2, 0.25) is 5.91 Å². The molecule has 1 N–H and O–H groups in total. The number of aromatic nitrogens is 4. The van der Waals surface area contributed by atoms with Crippen molar-refractivity contribution in [2.75, 3.05) is 5.32 Å². The van der Waals surface area contributed by atoms with Crippen molar-refractivity contribution < 1.29 is 9.18 Å². The summed E-state index contributed by atoms with van der Waals surface area (Å²) in [4.78, 5) is 21.2. The number of fused-ring (bicyclic) bond motifs is 1. The second-order valence-corrected chi connectivity index (χ2v) is 6.57. The molecule has 7 heteroatoms. The molecule has 3 heterocycles. The number of nitrogens with zero attached hydrogens (tertiary/aromatic N) is 4. The summed E-state index contributed by atoms with van der Waals surface area (Å²) in [5.74, 6) is 0.245. The van der Waals surface area contributed by atoms with Gasteiger partial charge in [0.1, 0.15) is 11.6 Å². The molecule has 1 aromatic carbocycles. The first-order valence-corrected chi connectivity index (χ1v) is 8.40. The Labute approximate surface area is 150 Å². The molecule has 1 amide bonds. The molecular formula is C19H18FN5O. The predicted molar refractivity (Wildman–Crippen MR) is 94.9 cm³/mol. The number of hydrogen-bond donors (Lipinski definition) is 1. The third-order valence-electron chi connectivity index (χ3n) is 4.51. The Balaban J connectivity index is 1.90. The molecule has 2 aromatic heterocycles. The lowest BCUT2D eigenvalue weighted by molar-refractivity contribution is -0.116. The third kappa shape index (κ3) is 2.75. The normalized spacial score (nSPS) is 16.3. The highest BCUT2D eigenvalue weighted by molar-refractivity contribution is 5.95. The Morgan fingerprint density at radius 1 is 1.15 bits per heavy atom. The monoisotopic (exact) mass is 351 g/mol. The number of amides is 1. The van der Waals surface area contributed by atoms with E-state index in [4.69, 9.17) is 0 Å². The van der Waals surface area contributed by atoms with Gasteiger partial charge in [-0.3, -0.25) is 4.79 Å². The molecule has 6 nitrogen and oxygen atoms in total. The third-order valence-corrected chi connectivity index (χ3v) is 4.51. The molecule has 4 rings (SSSR count). The van der Waals surface area contributed by atoms with Crippen LogP contribution in [0, 0.1) is 26.6 Å². The Bertz CT molecular complexity index is 1010. The number of aryl methyl sites for hydroxylation is 3. The molecule has 0 saturated carbocycles. The largest absolute Gasteiger partial charge is 0.310 e. The highest BCUT2D eigenvalue weighted by Crippen LogP contribution is 2.39. The van der Waals surface area contributed by atoms with Crippen LogP contribution in [0.25, 0.3) is 5.95 Å². The van der Waals surface area contributed by atoms with E-state index in [9.17, 15) is 9.18 Å². The summed E-state index contributed by atoms with van der Waals surface area (Å²) in [6.07, 6.45) is 0.247. The molecule has 1 unspecified atom stereocenters. The van der Waals surface area contributed by atoms with E-state index in [1.165, 1.54) is 12.1 Å². The summed E-state index contributed by atoms with van der Waals surface area (Å²) in [7, 11) is 0. The van der Waals surface area contributed by atoms with E-state index in [1.807, 2.05) is 32.9 Å². The lowest BCUT2D eigenvalue weighted by Crippen LogP contribution is -2.25. The first-order chi connectivity index (χ1) is 12.4. The molecule has 132 valence electrons. The molecule has 0 bridgehead atoms. The van der Waals surface area contributed by atoms with E-state index in [0.717, 1.165) is 28.2 Å². The van der Waals surface area contributed by atoms with Gasteiger partial charge in [-0.2, -0.15) is 9.78 Å². The summed E-state index contributed by atoms with van der Waals surface area (Å²) < 4.78 is 15.3. The zero-order valence-electron chi connectivity index (χ0n) is 14.7. The standard InChI is InChI=1S/C19H18FN5O/c1-10-7-11(2)22-19(21-10)25-18-17(12(3)24-25)15(9-16(26)23-18)13-5-4-6-14(20)8-13/h4-8,15H,9H2,1-3H3,(H,23,26). The number of carbonyl (C=O) groups excluding carboxylic acids is 1. The van der Waals surface area contributed by atoms with Gasteiger partial charge in [-0.15, -0.1) is 0 Å². The molecular weight excluding hydrogens is 333 g/mol. The van der Waals surface area contributed by atoms with Crippen LogP contribution >= 0.6 is 0 Å². The number of benzene rings is 1. The average molecular weight is 351 g/mol. The molecule has 26 heavy (non-hydrogen) atoms. The smallest absolute Gasteiger partial charge is 0.252 e. The van der Waals surface area contributed by atoms with Crippen molar-refractivity contribution in [1.29, 1.82) is 0 Å². The molecule has 1 aliphatic heterocycles. The minimum absolute atomic E-state index is 0.141. The second-order valence-electron chi connectivity index (χ2n) is 6.57. The van der Waals surface area contributed by atoms with Crippen molar-refractivity contribution >= 4 is 11.7 Å². The van der Waals surface area contributed by atoms with Crippen molar-refractivity contribution in [3.05, 3.63) is 64.4 Å². The van der Waals surface area contributed by atoms with E-state index >= 15 is 0 Å². The minimum atomic E-state index is -0.322. The van der Waals surface area contributed by atoms with Gasteiger partial charge in [-0.05, 0) is 44.5 Å². The number of halogens is 1. The SMILES string of the molecule is Cc1cc(C)nc(-n2nc(C)c3c2NC(=O)CC3c2cccc(F)c2)n1. The lowest BCUT2D eigenvalue weighted by Gasteiger charge is -2.24. The van der Waals surface area contributed by atoms with Crippen LogP contribution in [0.4, 0.5) is 10.2 Å². The Kier molecular flexibility index (Phi) is 3.79. The zero-order valence-corrected chi connectivity index (χ0v) is 14.7. The van der Waals surface area contributed by atoms with E-state index in [0.29, 0.717) is 11.8 Å². The van der Waals surface area contributed by atoms with Gasteiger partial charge in [-0.25, -0.2) is 14.4 Å². The van der Waals surface area contributed by atoms with Crippen LogP contribution in [0.1, 0.15) is 40.5 Å². The van der Waals surface area contributed by atoms with Gasteiger partial charge >= 0.3 is 0 Å². The van der Waals surface area contributed by atoms with Crippen LogP contribution in [-0.2, 0) is 4.79 Å². The summed E-state index contributed by atoms with van der Waals surface area (Å²) in [5.41, 5.74) is 4.02. The quantitative estimate of drug-likeness (QED) is 0.769. The summed E-state index contributed by atoms with van der Waals surface area (Å²) in [5, 5.41) is 7.45. The molecule has 0 aliphatic carbocycles. The maximum absolute atomic E-state index is 13.7. The highest BCUT2D eigenvalue weighted by Gasteiger charge is 2.33. The predicted octanol–water partition coefficient (Wildman–Crippen LogP) is 3.20. The van der Waals surface area contributed by atoms with E-state index in [1.54, 1.807) is 10.7 Å². The van der Waals surface area contributed by atoms with Crippen molar-refractivity contribution in [2.45, 2.75) is 33.1 Å². The van der Waals surface area contributed by atoms with E-state index in [-0.39, 0.29) is 24.1 Å². The molecule has 0 spiro atoms. The van der Waals surface area contributed by atoms with Crippen LogP contribution in [0.15, 0.2) is 30.3 Å². The van der Waals surface area contributed by atoms with Gasteiger partial charge in [0, 0.05) is 29.3 Å². The van der Waals surface area contributed by atoms with Gasteiger partial charge in [0.05, 0.1) is 5.69 Å². The number of rotatable bonds is 2. The number of nitrogens with one attached hydrogen (secondary N) is 1. The highest BCUT2D eigenvalue weighted by atomic mass is 19.1. The number of anilines is 1. The maximum atomic E-state index is 13.7. The van der Waals surface area contributed by atoms with Crippen LogP contribution in [0.2, 0.25) is 0 Å². The van der Waals surface area contributed by atoms with Crippen LogP contribution in [-0.4, -0.2) is 25.7 Å². The average Bonchev–Trinajstić information content (AvgIpc) is 2.90. The second kappa shape index (κ2) is 6.01. The fourth-order valence-electron chi connectivity index (χ4n) is 3.50. The molecule has 3 aromatic rings. The van der Waals surface area contributed by atoms with Gasteiger partial charge in [-0.1, -0.05) is 12.1 Å². The van der Waals surface area contributed by atoms with E-state index in [2.05, 4.69) is 20.4 Å². The first-order valence-electron chi connectivity index (χ1n) is 8.40. The van der Waals surface area contributed by atoms with Crippen molar-refractivity contribution in [3.63, 3.8) is 0 Å². The minimum Gasteiger partial charge on any atom is -0.310 e. The fraction of sp³-hybridized carbons (Fsp3) is 0.263. The summed E-state index contributed by atoms with van der Waals surface area (Å²) in [6.45, 7) is 5.64. The Morgan fingerprint density at radius 2 is 1.88 bits per heavy atom. The molecule has 0 saturated heterocycles. The van der Waals surface area contributed by atoms with Crippen molar-refractivity contribution in [1.82, 2.24) is 19.7 Å².